The van der Waals surface area contributed by atoms with Crippen LogP contribution in [0.4, 0.5) is 14.5 Å². The van der Waals surface area contributed by atoms with Gasteiger partial charge in [0, 0.05) is 23.1 Å². The Bertz CT molecular complexity index is 834. The molecule has 0 saturated heterocycles. The molecule has 8 heteroatoms. The molecule has 0 radical (unpaired) electrons. The lowest BCUT2D eigenvalue weighted by molar-refractivity contribution is -0.153. The van der Waals surface area contributed by atoms with Crippen molar-refractivity contribution in [3.8, 4) is 0 Å². The minimum Gasteiger partial charge on any atom is -0.453 e. The van der Waals surface area contributed by atoms with Crippen molar-refractivity contribution in [2.75, 3.05) is 5.32 Å². The van der Waals surface area contributed by atoms with E-state index in [1.165, 1.54) is 24.3 Å². The van der Waals surface area contributed by atoms with Crippen molar-refractivity contribution in [1.82, 2.24) is 0 Å². The molecule has 1 heterocycles. The molecular formula is C18H17F2NO4S. The quantitative estimate of drug-likeness (QED) is 0.584. The molecule has 2 aromatic rings. The second kappa shape index (κ2) is 8.66. The zero-order valence-electron chi connectivity index (χ0n) is 14.2. The number of amides is 1. The van der Waals surface area contributed by atoms with Crippen molar-refractivity contribution >= 4 is 34.7 Å². The average molecular weight is 381 g/mol. The standard InChI is InChI=1S/C18H17F2NO4S/c1-10-3-7-16(26-10)15(22)6-8-17(23)25-11(2)18(24)21-12-4-5-13(19)14(20)9-12/h3-5,7,9,11H,6,8H2,1-2H3,(H,21,24)/t11-/m1/s1. The third kappa shape index (κ3) is 5.45. The Labute approximate surface area is 153 Å². The first-order chi connectivity index (χ1) is 12.3. The average Bonchev–Trinajstić information content (AvgIpc) is 3.02. The summed E-state index contributed by atoms with van der Waals surface area (Å²) >= 11 is 1.35. The minimum absolute atomic E-state index is 0.0176. The van der Waals surface area contributed by atoms with E-state index in [0.717, 1.165) is 17.0 Å². The third-order valence-corrected chi connectivity index (χ3v) is 4.48. The van der Waals surface area contributed by atoms with Crippen LogP contribution in [0.3, 0.4) is 0 Å². The highest BCUT2D eigenvalue weighted by molar-refractivity contribution is 7.14. The summed E-state index contributed by atoms with van der Waals surface area (Å²) in [5.41, 5.74) is 0.0417. The number of thiophene rings is 1. The van der Waals surface area contributed by atoms with Crippen molar-refractivity contribution < 1.29 is 27.9 Å². The number of hydrogen-bond acceptors (Lipinski definition) is 5. The van der Waals surface area contributed by atoms with Gasteiger partial charge in [0.25, 0.3) is 5.91 Å². The van der Waals surface area contributed by atoms with Crippen LogP contribution in [-0.4, -0.2) is 23.8 Å². The molecule has 1 N–H and O–H groups in total. The number of ether oxygens (including phenoxy) is 1. The van der Waals surface area contributed by atoms with Gasteiger partial charge in [-0.3, -0.25) is 14.4 Å². The van der Waals surface area contributed by atoms with E-state index in [4.69, 9.17) is 4.74 Å². The van der Waals surface area contributed by atoms with E-state index < -0.39 is 29.6 Å². The number of nitrogens with one attached hydrogen (secondary N) is 1. The predicted molar refractivity (Wildman–Crippen MR) is 93.2 cm³/mol. The van der Waals surface area contributed by atoms with E-state index >= 15 is 0 Å². The van der Waals surface area contributed by atoms with Gasteiger partial charge in [-0.05, 0) is 38.1 Å². The number of anilines is 1. The second-order valence-electron chi connectivity index (χ2n) is 5.58. The molecule has 0 bridgehead atoms. The van der Waals surface area contributed by atoms with E-state index in [1.807, 2.05) is 13.0 Å². The molecule has 0 aliphatic carbocycles. The number of halogens is 2. The number of Topliss-reactive ketones (excluding diaryl/α,β-unsaturated/α-hetero) is 1. The minimum atomic E-state index is -1.14. The molecule has 1 aromatic heterocycles. The first-order valence-corrected chi connectivity index (χ1v) is 8.63. The number of ketones is 1. The van der Waals surface area contributed by atoms with Gasteiger partial charge in [-0.2, -0.15) is 0 Å². The summed E-state index contributed by atoms with van der Waals surface area (Å²) < 4.78 is 30.9. The normalized spacial score (nSPS) is 11.7. The van der Waals surface area contributed by atoms with Crippen molar-refractivity contribution in [2.45, 2.75) is 32.8 Å². The van der Waals surface area contributed by atoms with Gasteiger partial charge < -0.3 is 10.1 Å². The molecule has 1 amide bonds. The van der Waals surface area contributed by atoms with Gasteiger partial charge in [-0.15, -0.1) is 11.3 Å². The number of benzene rings is 1. The molecule has 0 aliphatic heterocycles. The summed E-state index contributed by atoms with van der Waals surface area (Å²) in [4.78, 5) is 37.2. The third-order valence-electron chi connectivity index (χ3n) is 3.44. The van der Waals surface area contributed by atoms with Gasteiger partial charge in [-0.1, -0.05) is 0 Å². The van der Waals surface area contributed by atoms with E-state index in [-0.39, 0.29) is 24.3 Å². The van der Waals surface area contributed by atoms with E-state index in [2.05, 4.69) is 5.32 Å². The maximum absolute atomic E-state index is 13.1. The number of rotatable bonds is 7. The zero-order valence-corrected chi connectivity index (χ0v) is 15.0. The molecule has 0 saturated carbocycles. The smallest absolute Gasteiger partial charge is 0.307 e. The SMILES string of the molecule is Cc1ccc(C(=O)CCC(=O)O[C@H](C)C(=O)Nc2ccc(F)c(F)c2)s1. The summed E-state index contributed by atoms with van der Waals surface area (Å²) in [6.45, 7) is 3.22. The molecule has 0 spiro atoms. The van der Waals surface area contributed by atoms with Crippen molar-refractivity contribution in [2.24, 2.45) is 0 Å². The number of hydrogen-bond donors (Lipinski definition) is 1. The van der Waals surface area contributed by atoms with Gasteiger partial charge in [0.1, 0.15) is 0 Å². The van der Waals surface area contributed by atoms with Crippen LogP contribution < -0.4 is 5.32 Å². The van der Waals surface area contributed by atoms with E-state index in [1.54, 1.807) is 6.07 Å². The molecule has 0 fully saturated rings. The van der Waals surface area contributed by atoms with Gasteiger partial charge in [0.2, 0.25) is 0 Å². The number of carbonyl (C=O) groups excluding carboxylic acids is 3. The second-order valence-corrected chi connectivity index (χ2v) is 6.87. The highest BCUT2D eigenvalue weighted by atomic mass is 32.1. The first kappa shape index (κ1) is 19.7. The molecule has 1 atom stereocenters. The maximum Gasteiger partial charge on any atom is 0.307 e. The van der Waals surface area contributed by atoms with E-state index in [9.17, 15) is 23.2 Å². The lowest BCUT2D eigenvalue weighted by atomic mass is 10.2. The van der Waals surface area contributed by atoms with Gasteiger partial charge in [0.15, 0.2) is 23.5 Å². The molecular weight excluding hydrogens is 364 g/mol. The van der Waals surface area contributed by atoms with Crippen LogP contribution in [-0.2, 0) is 14.3 Å². The van der Waals surface area contributed by atoms with Crippen LogP contribution >= 0.6 is 11.3 Å². The van der Waals surface area contributed by atoms with Gasteiger partial charge in [0.05, 0.1) is 11.3 Å². The van der Waals surface area contributed by atoms with Crippen LogP contribution in [0.2, 0.25) is 0 Å². The Morgan fingerprint density at radius 2 is 1.85 bits per heavy atom. The van der Waals surface area contributed by atoms with Crippen LogP contribution in [0.1, 0.15) is 34.3 Å². The van der Waals surface area contributed by atoms with Gasteiger partial charge in [-0.25, -0.2) is 8.78 Å². The zero-order chi connectivity index (χ0) is 19.3. The fourth-order valence-corrected chi connectivity index (χ4v) is 2.89. The Balaban J connectivity index is 1.81. The fraction of sp³-hybridized carbons (Fsp3) is 0.278. The lowest BCUT2D eigenvalue weighted by Crippen LogP contribution is -2.30. The van der Waals surface area contributed by atoms with Crippen LogP contribution in [0.5, 0.6) is 0 Å². The number of aryl methyl sites for hydroxylation is 1. The molecule has 138 valence electrons. The summed E-state index contributed by atoms with van der Waals surface area (Å²) in [6.07, 6.45) is -1.32. The largest absolute Gasteiger partial charge is 0.453 e. The van der Waals surface area contributed by atoms with Crippen molar-refractivity contribution in [1.29, 1.82) is 0 Å². The first-order valence-electron chi connectivity index (χ1n) is 7.81. The highest BCUT2D eigenvalue weighted by Gasteiger charge is 2.19. The molecule has 0 aliphatic rings. The Hall–Kier alpha value is -2.61. The number of esters is 1. The van der Waals surface area contributed by atoms with Gasteiger partial charge >= 0.3 is 5.97 Å². The Kier molecular flexibility index (Phi) is 6.57. The molecule has 1 aromatic carbocycles. The van der Waals surface area contributed by atoms with Crippen LogP contribution in [0, 0.1) is 18.6 Å². The van der Waals surface area contributed by atoms with E-state index in [0.29, 0.717) is 4.88 Å². The molecule has 2 rings (SSSR count). The lowest BCUT2D eigenvalue weighted by Gasteiger charge is -2.13. The van der Waals surface area contributed by atoms with Crippen molar-refractivity contribution in [3.63, 3.8) is 0 Å². The van der Waals surface area contributed by atoms with Crippen LogP contribution in [0.25, 0.3) is 0 Å². The maximum atomic E-state index is 13.1. The summed E-state index contributed by atoms with van der Waals surface area (Å²) in [6, 6.07) is 6.40. The van der Waals surface area contributed by atoms with Crippen LogP contribution in [0.15, 0.2) is 30.3 Å². The predicted octanol–water partition coefficient (Wildman–Crippen LogP) is 3.87. The topological polar surface area (TPSA) is 72.5 Å². The van der Waals surface area contributed by atoms with Crippen molar-refractivity contribution in [3.05, 3.63) is 51.7 Å². The monoisotopic (exact) mass is 381 g/mol. The molecule has 26 heavy (non-hydrogen) atoms. The Morgan fingerprint density at radius 1 is 1.12 bits per heavy atom. The summed E-state index contributed by atoms with van der Waals surface area (Å²) in [5.74, 6) is -3.69. The Morgan fingerprint density at radius 3 is 2.46 bits per heavy atom. The summed E-state index contributed by atoms with van der Waals surface area (Å²) in [7, 11) is 0. The molecule has 5 nitrogen and oxygen atoms in total. The highest BCUT2D eigenvalue weighted by Crippen LogP contribution is 2.18. The fourth-order valence-electron chi connectivity index (χ4n) is 2.05. The number of carbonyl (C=O) groups is 3. The molecule has 0 unspecified atom stereocenters. The summed E-state index contributed by atoms with van der Waals surface area (Å²) in [5, 5.41) is 2.32.